The molecule has 21 heavy (non-hydrogen) atoms. The Balaban J connectivity index is 2.02. The molecule has 0 aliphatic heterocycles. The van der Waals surface area contributed by atoms with Crippen molar-refractivity contribution < 1.29 is 9.13 Å². The molecule has 2 aromatic carbocycles. The number of ether oxygens (including phenoxy) is 1. The van der Waals surface area contributed by atoms with Crippen LogP contribution in [0.4, 0.5) is 4.39 Å². The van der Waals surface area contributed by atoms with Gasteiger partial charge in [-0.05, 0) is 41.8 Å². The average Bonchev–Trinajstić information content (AvgIpc) is 2.52. The van der Waals surface area contributed by atoms with Gasteiger partial charge in [-0.25, -0.2) is 4.39 Å². The van der Waals surface area contributed by atoms with Crippen LogP contribution >= 0.6 is 11.6 Å². The van der Waals surface area contributed by atoms with Gasteiger partial charge in [0.1, 0.15) is 11.6 Å². The predicted molar refractivity (Wildman–Crippen MR) is 84.3 cm³/mol. The van der Waals surface area contributed by atoms with Crippen LogP contribution in [-0.2, 0) is 6.54 Å². The van der Waals surface area contributed by atoms with Gasteiger partial charge in [0, 0.05) is 12.6 Å². The molecule has 1 N–H and O–H groups in total. The number of halogens is 2. The molecule has 1 atom stereocenters. The van der Waals surface area contributed by atoms with Crippen LogP contribution in [0.25, 0.3) is 0 Å². The molecule has 1 unspecified atom stereocenters. The van der Waals surface area contributed by atoms with Gasteiger partial charge >= 0.3 is 0 Å². The van der Waals surface area contributed by atoms with Crippen molar-refractivity contribution in [3.05, 3.63) is 64.4 Å². The van der Waals surface area contributed by atoms with E-state index in [0.29, 0.717) is 6.54 Å². The lowest BCUT2D eigenvalue weighted by molar-refractivity contribution is 0.414. The third kappa shape index (κ3) is 4.19. The van der Waals surface area contributed by atoms with Gasteiger partial charge in [-0.15, -0.1) is 0 Å². The van der Waals surface area contributed by atoms with Crippen molar-refractivity contribution in [1.82, 2.24) is 5.32 Å². The number of rotatable bonds is 6. The molecule has 0 amide bonds. The van der Waals surface area contributed by atoms with Crippen LogP contribution in [0.3, 0.4) is 0 Å². The first-order chi connectivity index (χ1) is 10.1. The van der Waals surface area contributed by atoms with E-state index in [1.807, 2.05) is 30.3 Å². The lowest BCUT2D eigenvalue weighted by Gasteiger charge is -2.18. The summed E-state index contributed by atoms with van der Waals surface area (Å²) in [6, 6.07) is 13.1. The highest BCUT2D eigenvalue weighted by Crippen LogP contribution is 2.21. The minimum atomic E-state index is -0.381. The van der Waals surface area contributed by atoms with Crippen LogP contribution in [0, 0.1) is 5.82 Å². The predicted octanol–water partition coefficient (Wildman–Crippen LogP) is 4.73. The Kier molecular flexibility index (Phi) is 5.59. The van der Waals surface area contributed by atoms with E-state index in [9.17, 15) is 4.39 Å². The van der Waals surface area contributed by atoms with Crippen molar-refractivity contribution in [1.29, 1.82) is 0 Å². The molecule has 2 nitrogen and oxygen atoms in total. The van der Waals surface area contributed by atoms with E-state index >= 15 is 0 Å². The van der Waals surface area contributed by atoms with Crippen molar-refractivity contribution in [2.45, 2.75) is 25.9 Å². The second-order valence-corrected chi connectivity index (χ2v) is 5.27. The molecular weight excluding hydrogens is 289 g/mol. The lowest BCUT2D eigenvalue weighted by Crippen LogP contribution is -2.20. The summed E-state index contributed by atoms with van der Waals surface area (Å²) in [5.41, 5.74) is 2.07. The molecule has 0 aromatic heterocycles. The van der Waals surface area contributed by atoms with Crippen LogP contribution in [0.15, 0.2) is 42.5 Å². The first-order valence-electron chi connectivity index (χ1n) is 6.95. The highest BCUT2D eigenvalue weighted by Gasteiger charge is 2.09. The van der Waals surface area contributed by atoms with Crippen LogP contribution < -0.4 is 10.1 Å². The van der Waals surface area contributed by atoms with E-state index in [4.69, 9.17) is 16.3 Å². The summed E-state index contributed by atoms with van der Waals surface area (Å²) in [5.74, 6) is 0.460. The summed E-state index contributed by atoms with van der Waals surface area (Å²) < 4.78 is 18.6. The van der Waals surface area contributed by atoms with Crippen molar-refractivity contribution in [3.8, 4) is 5.75 Å². The smallest absolute Gasteiger partial charge is 0.142 e. The van der Waals surface area contributed by atoms with Gasteiger partial charge in [0.25, 0.3) is 0 Å². The molecule has 0 radical (unpaired) electrons. The molecule has 0 aliphatic carbocycles. The van der Waals surface area contributed by atoms with Crippen molar-refractivity contribution in [2.24, 2.45) is 0 Å². The summed E-state index contributed by atoms with van der Waals surface area (Å²) in [4.78, 5) is 0. The van der Waals surface area contributed by atoms with E-state index < -0.39 is 0 Å². The molecule has 0 saturated carbocycles. The van der Waals surface area contributed by atoms with Crippen LogP contribution in [0.1, 0.15) is 30.5 Å². The minimum absolute atomic E-state index is 0.154. The Morgan fingerprint density at radius 2 is 1.90 bits per heavy atom. The zero-order valence-corrected chi connectivity index (χ0v) is 13.0. The van der Waals surface area contributed by atoms with Crippen LogP contribution in [0.2, 0.25) is 5.02 Å². The number of benzene rings is 2. The van der Waals surface area contributed by atoms with Gasteiger partial charge in [-0.1, -0.05) is 36.7 Å². The Hall–Kier alpha value is -1.58. The molecule has 0 heterocycles. The maximum Gasteiger partial charge on any atom is 0.142 e. The first-order valence-corrected chi connectivity index (χ1v) is 7.33. The lowest BCUT2D eigenvalue weighted by atomic mass is 10.0. The third-order valence-electron chi connectivity index (χ3n) is 3.46. The van der Waals surface area contributed by atoms with Gasteiger partial charge in [-0.3, -0.25) is 0 Å². The van der Waals surface area contributed by atoms with E-state index in [1.165, 1.54) is 11.6 Å². The van der Waals surface area contributed by atoms with Crippen molar-refractivity contribution in [3.63, 3.8) is 0 Å². The number of nitrogens with one attached hydrogen (secondary N) is 1. The van der Waals surface area contributed by atoms with Crippen LogP contribution in [0.5, 0.6) is 5.75 Å². The summed E-state index contributed by atoms with van der Waals surface area (Å²) in [7, 11) is 1.65. The van der Waals surface area contributed by atoms with Gasteiger partial charge in [-0.2, -0.15) is 0 Å². The topological polar surface area (TPSA) is 21.3 Å². The molecule has 112 valence electrons. The normalized spacial score (nSPS) is 12.2. The Morgan fingerprint density at radius 1 is 1.19 bits per heavy atom. The highest BCUT2D eigenvalue weighted by molar-refractivity contribution is 6.30. The zero-order valence-electron chi connectivity index (χ0n) is 12.2. The Bertz CT molecular complexity index is 586. The van der Waals surface area contributed by atoms with Gasteiger partial charge in [0.15, 0.2) is 0 Å². The van der Waals surface area contributed by atoms with Crippen molar-refractivity contribution in [2.75, 3.05) is 7.11 Å². The van der Waals surface area contributed by atoms with E-state index in [-0.39, 0.29) is 16.9 Å². The van der Waals surface area contributed by atoms with Crippen molar-refractivity contribution >= 4 is 11.6 Å². The van der Waals surface area contributed by atoms with Gasteiger partial charge < -0.3 is 10.1 Å². The maximum absolute atomic E-state index is 13.4. The minimum Gasteiger partial charge on any atom is -0.497 e. The number of hydrogen-bond acceptors (Lipinski definition) is 2. The fourth-order valence-corrected chi connectivity index (χ4v) is 2.34. The molecule has 0 aliphatic rings. The molecule has 2 aromatic rings. The largest absolute Gasteiger partial charge is 0.497 e. The molecule has 2 rings (SSSR count). The molecule has 0 bridgehead atoms. The number of methoxy groups -OCH3 is 1. The van der Waals surface area contributed by atoms with E-state index in [1.54, 1.807) is 13.2 Å². The van der Waals surface area contributed by atoms with Crippen LogP contribution in [-0.4, -0.2) is 7.11 Å². The monoisotopic (exact) mass is 307 g/mol. The summed E-state index contributed by atoms with van der Waals surface area (Å²) >= 11 is 5.69. The fraction of sp³-hybridized carbons (Fsp3) is 0.294. The zero-order chi connectivity index (χ0) is 15.2. The Morgan fingerprint density at radius 3 is 2.48 bits per heavy atom. The molecule has 0 spiro atoms. The van der Waals surface area contributed by atoms with E-state index in [2.05, 4.69) is 12.2 Å². The standard InChI is InChI=1S/C17H19ClFNO/c1-3-17(13-5-7-14(21-2)8-6-13)20-11-12-4-9-15(18)16(19)10-12/h4-10,17,20H,3,11H2,1-2H3. The number of hydrogen-bond donors (Lipinski definition) is 1. The Labute approximate surface area is 129 Å². The maximum atomic E-state index is 13.4. The summed E-state index contributed by atoms with van der Waals surface area (Å²) in [5, 5.41) is 3.59. The molecule has 0 fully saturated rings. The van der Waals surface area contributed by atoms with Gasteiger partial charge in [0.05, 0.1) is 12.1 Å². The highest BCUT2D eigenvalue weighted by atomic mass is 35.5. The van der Waals surface area contributed by atoms with E-state index in [0.717, 1.165) is 17.7 Å². The third-order valence-corrected chi connectivity index (χ3v) is 3.77. The fourth-order valence-electron chi connectivity index (χ4n) is 2.22. The summed E-state index contributed by atoms with van der Waals surface area (Å²) in [6.07, 6.45) is 0.947. The molecular formula is C17H19ClFNO. The molecule has 4 heteroatoms. The van der Waals surface area contributed by atoms with Gasteiger partial charge in [0.2, 0.25) is 0 Å². The first kappa shape index (κ1) is 15.8. The average molecular weight is 308 g/mol. The molecule has 0 saturated heterocycles. The summed E-state index contributed by atoms with van der Waals surface area (Å²) in [6.45, 7) is 2.71. The quantitative estimate of drug-likeness (QED) is 0.833. The second kappa shape index (κ2) is 7.43. The second-order valence-electron chi connectivity index (χ2n) is 4.86. The SMILES string of the molecule is CCC(NCc1ccc(Cl)c(F)c1)c1ccc(OC)cc1.